The van der Waals surface area contributed by atoms with Crippen molar-refractivity contribution < 1.29 is 37.4 Å². The van der Waals surface area contributed by atoms with Crippen LogP contribution in [0.4, 0.5) is 13.6 Å². The van der Waals surface area contributed by atoms with E-state index in [4.69, 9.17) is 0 Å². The monoisotopic (exact) mass is 387 g/mol. The summed E-state index contributed by atoms with van der Waals surface area (Å²) in [6, 6.07) is 4.31. The highest BCUT2D eigenvalue weighted by Crippen LogP contribution is 2.19. The fraction of sp³-hybridized carbons (Fsp3) is 0.375. The average molecular weight is 387 g/mol. The summed E-state index contributed by atoms with van der Waals surface area (Å²) in [6.45, 7) is -1.08. The van der Waals surface area contributed by atoms with Gasteiger partial charge in [0.15, 0.2) is 6.61 Å². The first-order valence-electron chi connectivity index (χ1n) is 7.77. The highest BCUT2D eigenvalue weighted by Gasteiger charge is 2.17. The van der Waals surface area contributed by atoms with Gasteiger partial charge in [-0.2, -0.15) is 8.78 Å². The molecule has 27 heavy (non-hydrogen) atoms. The van der Waals surface area contributed by atoms with Gasteiger partial charge in [-0.3, -0.25) is 19.7 Å². The second-order valence-corrected chi connectivity index (χ2v) is 5.39. The van der Waals surface area contributed by atoms with Crippen molar-refractivity contribution in [2.45, 2.75) is 26.5 Å². The van der Waals surface area contributed by atoms with Gasteiger partial charge < -0.3 is 20.1 Å². The molecule has 0 bridgehead atoms. The third kappa shape index (κ3) is 8.61. The van der Waals surface area contributed by atoms with Gasteiger partial charge in [-0.15, -0.1) is 0 Å². The lowest BCUT2D eigenvalue weighted by Crippen LogP contribution is -2.44. The Morgan fingerprint density at radius 2 is 1.78 bits per heavy atom. The Balaban J connectivity index is 2.43. The summed E-state index contributed by atoms with van der Waals surface area (Å²) in [5.41, 5.74) is -0.200. The van der Waals surface area contributed by atoms with E-state index in [1.165, 1.54) is 24.3 Å². The van der Waals surface area contributed by atoms with E-state index < -0.39 is 43.6 Å². The van der Waals surface area contributed by atoms with Crippen molar-refractivity contribution in [3.05, 3.63) is 29.8 Å². The number of urea groups is 1. The average Bonchev–Trinajstić information content (AvgIpc) is 2.57. The highest BCUT2D eigenvalue weighted by atomic mass is 19.3. The molecule has 0 aliphatic heterocycles. The van der Waals surface area contributed by atoms with Crippen molar-refractivity contribution in [1.82, 2.24) is 16.0 Å². The molecular formula is C16H19F2N3O6. The fourth-order valence-electron chi connectivity index (χ4n) is 1.76. The molecule has 0 atom stereocenters. The summed E-state index contributed by atoms with van der Waals surface area (Å²) in [6.07, 6.45) is 0. The van der Waals surface area contributed by atoms with Crippen LogP contribution in [0.1, 0.15) is 24.2 Å². The van der Waals surface area contributed by atoms with Crippen molar-refractivity contribution >= 4 is 23.8 Å². The van der Waals surface area contributed by atoms with Crippen LogP contribution in [0.25, 0.3) is 0 Å². The van der Waals surface area contributed by atoms with Gasteiger partial charge in [0.05, 0.1) is 5.56 Å². The first-order valence-corrected chi connectivity index (χ1v) is 7.77. The zero-order valence-corrected chi connectivity index (χ0v) is 14.6. The number of benzene rings is 1. The van der Waals surface area contributed by atoms with Crippen LogP contribution in [-0.2, 0) is 14.3 Å². The Hall–Kier alpha value is -3.24. The van der Waals surface area contributed by atoms with Crippen molar-refractivity contribution in [3.8, 4) is 5.75 Å². The quantitative estimate of drug-likeness (QED) is 0.567. The van der Waals surface area contributed by atoms with Crippen LogP contribution in [-0.4, -0.2) is 49.6 Å². The SMILES string of the molecule is CC(C)NC(=O)NC(=O)COC(=O)CNC(=O)c1ccccc1OC(F)F. The van der Waals surface area contributed by atoms with E-state index in [1.54, 1.807) is 13.8 Å². The molecule has 0 spiro atoms. The molecule has 0 saturated heterocycles. The van der Waals surface area contributed by atoms with E-state index in [0.29, 0.717) is 0 Å². The van der Waals surface area contributed by atoms with Gasteiger partial charge in [0.2, 0.25) is 0 Å². The topological polar surface area (TPSA) is 123 Å². The minimum atomic E-state index is -3.12. The van der Waals surface area contributed by atoms with Crippen molar-refractivity contribution in [1.29, 1.82) is 0 Å². The zero-order valence-electron chi connectivity index (χ0n) is 14.6. The summed E-state index contributed by atoms with van der Waals surface area (Å²) < 4.78 is 33.4. The van der Waals surface area contributed by atoms with Gasteiger partial charge in [0.25, 0.3) is 11.8 Å². The molecule has 1 aromatic rings. The minimum Gasteiger partial charge on any atom is -0.454 e. The van der Waals surface area contributed by atoms with E-state index >= 15 is 0 Å². The second-order valence-electron chi connectivity index (χ2n) is 5.39. The predicted octanol–water partition coefficient (Wildman–Crippen LogP) is 0.795. The lowest BCUT2D eigenvalue weighted by atomic mass is 10.2. The van der Waals surface area contributed by atoms with Gasteiger partial charge >= 0.3 is 18.6 Å². The van der Waals surface area contributed by atoms with Crippen LogP contribution in [0.15, 0.2) is 24.3 Å². The number of hydrogen-bond donors (Lipinski definition) is 3. The fourth-order valence-corrected chi connectivity index (χ4v) is 1.76. The van der Waals surface area contributed by atoms with E-state index in [9.17, 15) is 28.0 Å². The molecule has 148 valence electrons. The minimum absolute atomic E-state index is 0.188. The molecule has 1 rings (SSSR count). The normalized spacial score (nSPS) is 10.3. The number of carbonyl (C=O) groups is 4. The Kier molecular flexibility index (Phi) is 8.63. The number of alkyl halides is 2. The maximum Gasteiger partial charge on any atom is 0.387 e. The van der Waals surface area contributed by atoms with Crippen LogP contribution in [0.2, 0.25) is 0 Å². The number of halogens is 2. The third-order valence-electron chi connectivity index (χ3n) is 2.78. The van der Waals surface area contributed by atoms with Crippen LogP contribution < -0.4 is 20.7 Å². The van der Waals surface area contributed by atoms with Crippen LogP contribution in [0, 0.1) is 0 Å². The largest absolute Gasteiger partial charge is 0.454 e. The van der Waals surface area contributed by atoms with Gasteiger partial charge in [-0.1, -0.05) is 12.1 Å². The van der Waals surface area contributed by atoms with E-state index in [-0.39, 0.29) is 17.4 Å². The van der Waals surface area contributed by atoms with Gasteiger partial charge in [0.1, 0.15) is 12.3 Å². The number of nitrogens with one attached hydrogen (secondary N) is 3. The standard InChI is InChI=1S/C16H19F2N3O6/c1-9(2)20-16(25)21-12(22)8-26-13(23)7-19-14(24)10-5-3-4-6-11(10)27-15(17)18/h3-6,9,15H,7-8H2,1-2H3,(H,19,24)(H2,20,21,22,25). The molecule has 9 nitrogen and oxygen atoms in total. The number of carbonyl (C=O) groups excluding carboxylic acids is 4. The van der Waals surface area contributed by atoms with Crippen LogP contribution >= 0.6 is 0 Å². The number of imide groups is 1. The predicted molar refractivity (Wildman–Crippen MR) is 88.2 cm³/mol. The summed E-state index contributed by atoms with van der Waals surface area (Å²) in [5, 5.41) is 6.50. The highest BCUT2D eigenvalue weighted by molar-refractivity contribution is 5.99. The first-order chi connectivity index (χ1) is 12.7. The van der Waals surface area contributed by atoms with Crippen molar-refractivity contribution in [3.63, 3.8) is 0 Å². The van der Waals surface area contributed by atoms with Gasteiger partial charge in [0, 0.05) is 6.04 Å². The third-order valence-corrected chi connectivity index (χ3v) is 2.78. The summed E-state index contributed by atoms with van der Waals surface area (Å²) in [5.74, 6) is -3.02. The number of esters is 1. The molecule has 0 radical (unpaired) electrons. The lowest BCUT2D eigenvalue weighted by Gasteiger charge is -2.11. The molecule has 4 amide bonds. The smallest absolute Gasteiger partial charge is 0.387 e. The molecule has 0 aliphatic rings. The van der Waals surface area contributed by atoms with Crippen LogP contribution in [0.5, 0.6) is 5.75 Å². The van der Waals surface area contributed by atoms with Gasteiger partial charge in [-0.05, 0) is 26.0 Å². The van der Waals surface area contributed by atoms with Crippen LogP contribution in [0.3, 0.4) is 0 Å². The molecule has 3 N–H and O–H groups in total. The second kappa shape index (κ2) is 10.7. The molecule has 11 heteroatoms. The number of para-hydroxylation sites is 1. The molecule has 1 aromatic carbocycles. The summed E-state index contributed by atoms with van der Waals surface area (Å²) in [7, 11) is 0. The zero-order chi connectivity index (χ0) is 20.4. The lowest BCUT2D eigenvalue weighted by molar-refractivity contribution is -0.147. The molecule has 0 aliphatic carbocycles. The number of ether oxygens (including phenoxy) is 2. The maximum absolute atomic E-state index is 12.3. The van der Waals surface area contributed by atoms with E-state index in [1.807, 2.05) is 5.32 Å². The number of rotatable bonds is 8. The molecular weight excluding hydrogens is 368 g/mol. The van der Waals surface area contributed by atoms with E-state index in [0.717, 1.165) is 0 Å². The molecule has 0 saturated carbocycles. The number of amides is 4. The van der Waals surface area contributed by atoms with Crippen molar-refractivity contribution in [2.75, 3.05) is 13.2 Å². The molecule has 0 unspecified atom stereocenters. The summed E-state index contributed by atoms with van der Waals surface area (Å²) in [4.78, 5) is 46.2. The molecule has 0 fully saturated rings. The maximum atomic E-state index is 12.3. The van der Waals surface area contributed by atoms with Gasteiger partial charge in [-0.25, -0.2) is 4.79 Å². The Morgan fingerprint density at radius 1 is 1.11 bits per heavy atom. The van der Waals surface area contributed by atoms with Crippen molar-refractivity contribution in [2.24, 2.45) is 0 Å². The Bertz CT molecular complexity index is 696. The first kappa shape index (κ1) is 21.8. The molecule has 0 aromatic heterocycles. The Labute approximate surface area is 153 Å². The molecule has 0 heterocycles. The van der Waals surface area contributed by atoms with E-state index in [2.05, 4.69) is 20.1 Å². The summed E-state index contributed by atoms with van der Waals surface area (Å²) >= 11 is 0. The number of hydrogen-bond acceptors (Lipinski definition) is 6. The Morgan fingerprint density at radius 3 is 2.41 bits per heavy atom.